The summed E-state index contributed by atoms with van der Waals surface area (Å²) >= 11 is 0. The Kier molecular flexibility index (Phi) is 3.25. The summed E-state index contributed by atoms with van der Waals surface area (Å²) in [7, 11) is -1.80. The summed E-state index contributed by atoms with van der Waals surface area (Å²) in [5, 5.41) is 8.30. The highest BCUT2D eigenvalue weighted by Crippen LogP contribution is 2.15. The van der Waals surface area contributed by atoms with Gasteiger partial charge in [0, 0.05) is 20.2 Å². The lowest BCUT2D eigenvalue weighted by Gasteiger charge is -2.13. The van der Waals surface area contributed by atoms with Crippen LogP contribution in [0.1, 0.15) is 6.42 Å². The summed E-state index contributed by atoms with van der Waals surface area (Å²) in [4.78, 5) is 0. The lowest BCUT2D eigenvalue weighted by molar-refractivity contribution is 0.115. The smallest absolute Gasteiger partial charge is 0.227 e. The average molecular weight is 204 g/mol. The van der Waals surface area contributed by atoms with Crippen LogP contribution >= 0.6 is 0 Å². The molecule has 0 unspecified atom stereocenters. The van der Waals surface area contributed by atoms with Gasteiger partial charge in [-0.3, -0.25) is 0 Å². The van der Waals surface area contributed by atoms with Crippen molar-refractivity contribution in [2.75, 3.05) is 26.0 Å². The molecule has 0 aliphatic carbocycles. The normalized spacial score (nSPS) is 24.5. The van der Waals surface area contributed by atoms with Crippen LogP contribution in [0.2, 0.25) is 0 Å². The zero-order valence-corrected chi connectivity index (χ0v) is 8.25. The molecule has 0 bridgehead atoms. The van der Waals surface area contributed by atoms with E-state index in [1.165, 1.54) is 4.31 Å². The lowest BCUT2D eigenvalue weighted by atomic mass is 10.3. The minimum absolute atomic E-state index is 0.0199. The molecule has 5 nitrogen and oxygen atoms in total. The number of methoxy groups -OCH3 is 1. The molecule has 1 atom stereocenters. The van der Waals surface area contributed by atoms with Crippen molar-refractivity contribution in [2.45, 2.75) is 12.5 Å². The van der Waals surface area contributed by atoms with E-state index in [1.54, 1.807) is 13.2 Å². The second-order valence-electron chi connectivity index (χ2n) is 2.92. The topological polar surface area (TPSA) is 70.4 Å². The second-order valence-corrected chi connectivity index (χ2v) is 4.89. The summed E-state index contributed by atoms with van der Waals surface area (Å²) in [6.07, 6.45) is 0.690. The fourth-order valence-electron chi connectivity index (χ4n) is 1.32. The first-order valence-corrected chi connectivity index (χ1v) is 5.58. The van der Waals surface area contributed by atoms with Gasteiger partial charge in [0.15, 0.2) is 5.75 Å². The number of ether oxygens (including phenoxy) is 1. The highest BCUT2D eigenvalue weighted by Gasteiger charge is 2.30. The Morgan fingerprint density at radius 1 is 1.69 bits per heavy atom. The van der Waals surface area contributed by atoms with Crippen molar-refractivity contribution in [1.82, 2.24) is 4.31 Å². The van der Waals surface area contributed by atoms with Gasteiger partial charge in [-0.2, -0.15) is 9.57 Å². The summed E-state index contributed by atoms with van der Waals surface area (Å²) in [6, 6.07) is 1.65. The molecule has 1 saturated heterocycles. The molecule has 0 aromatic rings. The van der Waals surface area contributed by atoms with Gasteiger partial charge >= 0.3 is 0 Å². The van der Waals surface area contributed by atoms with Gasteiger partial charge in [-0.05, 0) is 6.42 Å². The molecule has 0 amide bonds. The molecule has 1 rings (SSSR count). The van der Waals surface area contributed by atoms with Gasteiger partial charge < -0.3 is 4.74 Å². The van der Waals surface area contributed by atoms with Crippen LogP contribution in [-0.2, 0) is 14.8 Å². The van der Waals surface area contributed by atoms with Crippen LogP contribution < -0.4 is 0 Å². The van der Waals surface area contributed by atoms with Gasteiger partial charge in [-0.25, -0.2) is 8.42 Å². The first-order valence-electron chi connectivity index (χ1n) is 3.97. The monoisotopic (exact) mass is 204 g/mol. The molecule has 13 heavy (non-hydrogen) atoms. The fourth-order valence-corrected chi connectivity index (χ4v) is 2.44. The zero-order chi connectivity index (χ0) is 9.90. The van der Waals surface area contributed by atoms with Gasteiger partial charge in [0.25, 0.3) is 0 Å². The highest BCUT2D eigenvalue weighted by atomic mass is 32.2. The highest BCUT2D eigenvalue weighted by molar-refractivity contribution is 7.89. The Labute approximate surface area is 77.9 Å². The van der Waals surface area contributed by atoms with Crippen LogP contribution in [0.15, 0.2) is 0 Å². The molecule has 0 aromatic heterocycles. The number of rotatable bonds is 3. The van der Waals surface area contributed by atoms with E-state index in [4.69, 9.17) is 10.00 Å². The van der Waals surface area contributed by atoms with Crippen LogP contribution in [0.5, 0.6) is 0 Å². The summed E-state index contributed by atoms with van der Waals surface area (Å²) in [5.41, 5.74) is 0. The first kappa shape index (κ1) is 10.4. The van der Waals surface area contributed by atoms with E-state index in [0.29, 0.717) is 19.5 Å². The van der Waals surface area contributed by atoms with Crippen molar-refractivity contribution in [3.8, 4) is 6.07 Å². The minimum Gasteiger partial charge on any atom is -0.380 e. The van der Waals surface area contributed by atoms with Crippen molar-refractivity contribution in [1.29, 1.82) is 5.26 Å². The molecule has 1 aliphatic heterocycles. The summed E-state index contributed by atoms with van der Waals surface area (Å²) in [6.45, 7) is 0.836. The van der Waals surface area contributed by atoms with E-state index < -0.39 is 15.8 Å². The zero-order valence-electron chi connectivity index (χ0n) is 7.43. The Hall–Kier alpha value is -0.640. The van der Waals surface area contributed by atoms with Crippen LogP contribution in [0.25, 0.3) is 0 Å². The van der Waals surface area contributed by atoms with Gasteiger partial charge in [0.1, 0.15) is 0 Å². The van der Waals surface area contributed by atoms with E-state index >= 15 is 0 Å². The lowest BCUT2D eigenvalue weighted by Crippen LogP contribution is -2.31. The SMILES string of the molecule is CO[C@@H]1CCN(S(=O)(=O)CC#N)C1. The average Bonchev–Trinajstić information content (AvgIpc) is 2.52. The van der Waals surface area contributed by atoms with Crippen LogP contribution in [0.4, 0.5) is 0 Å². The third-order valence-electron chi connectivity index (χ3n) is 2.08. The molecule has 1 heterocycles. The molecule has 0 aromatic carbocycles. The predicted molar refractivity (Wildman–Crippen MR) is 46.4 cm³/mol. The number of hydrogen-bond donors (Lipinski definition) is 0. The van der Waals surface area contributed by atoms with Crippen molar-refractivity contribution >= 4 is 10.0 Å². The molecular weight excluding hydrogens is 192 g/mol. The predicted octanol–water partition coefficient (Wildman–Crippen LogP) is -0.440. The fraction of sp³-hybridized carbons (Fsp3) is 0.857. The number of nitriles is 1. The first-order chi connectivity index (χ1) is 6.10. The van der Waals surface area contributed by atoms with Gasteiger partial charge in [0.2, 0.25) is 10.0 Å². The van der Waals surface area contributed by atoms with Crippen molar-refractivity contribution < 1.29 is 13.2 Å². The molecule has 1 aliphatic rings. The number of hydrogen-bond acceptors (Lipinski definition) is 4. The molecule has 0 spiro atoms. The maximum atomic E-state index is 11.3. The molecular formula is C7H12N2O3S. The Balaban J connectivity index is 2.61. The molecule has 1 fully saturated rings. The molecule has 0 saturated carbocycles. The Bertz CT molecular complexity index is 306. The second kappa shape index (κ2) is 4.05. The summed E-state index contributed by atoms with van der Waals surface area (Å²) < 4.78 is 29.0. The molecule has 0 N–H and O–H groups in total. The summed E-state index contributed by atoms with van der Waals surface area (Å²) in [5.74, 6) is -0.441. The van der Waals surface area contributed by atoms with Crippen LogP contribution in [0, 0.1) is 11.3 Å². The van der Waals surface area contributed by atoms with Crippen molar-refractivity contribution in [2.24, 2.45) is 0 Å². The van der Waals surface area contributed by atoms with E-state index in [-0.39, 0.29) is 6.10 Å². The van der Waals surface area contributed by atoms with Gasteiger partial charge in [-0.15, -0.1) is 0 Å². The van der Waals surface area contributed by atoms with Gasteiger partial charge in [0.05, 0.1) is 12.2 Å². The maximum Gasteiger partial charge on any atom is 0.227 e. The molecule has 74 valence electrons. The van der Waals surface area contributed by atoms with E-state index in [2.05, 4.69) is 0 Å². The molecule has 6 heteroatoms. The Morgan fingerprint density at radius 2 is 2.38 bits per heavy atom. The van der Waals surface area contributed by atoms with E-state index in [1.807, 2.05) is 0 Å². The third kappa shape index (κ3) is 2.40. The Morgan fingerprint density at radius 3 is 2.85 bits per heavy atom. The van der Waals surface area contributed by atoms with Gasteiger partial charge in [-0.1, -0.05) is 0 Å². The maximum absolute atomic E-state index is 11.3. The van der Waals surface area contributed by atoms with Crippen molar-refractivity contribution in [3.63, 3.8) is 0 Å². The van der Waals surface area contributed by atoms with E-state index in [9.17, 15) is 8.42 Å². The quantitative estimate of drug-likeness (QED) is 0.625. The van der Waals surface area contributed by atoms with Crippen molar-refractivity contribution in [3.05, 3.63) is 0 Å². The third-order valence-corrected chi connectivity index (χ3v) is 3.69. The molecule has 0 radical (unpaired) electrons. The van der Waals surface area contributed by atoms with E-state index in [0.717, 1.165) is 0 Å². The van der Waals surface area contributed by atoms with Crippen LogP contribution in [-0.4, -0.2) is 44.8 Å². The van der Waals surface area contributed by atoms with Crippen LogP contribution in [0.3, 0.4) is 0 Å². The number of nitrogens with zero attached hydrogens (tertiary/aromatic N) is 2. The number of sulfonamides is 1. The standard InChI is InChI=1S/C7H12N2O3S/c1-12-7-2-4-9(6-7)13(10,11)5-3-8/h7H,2,4-6H2,1H3/t7-/m1/s1. The largest absolute Gasteiger partial charge is 0.380 e. The minimum atomic E-state index is -3.36.